The van der Waals surface area contributed by atoms with Gasteiger partial charge in [-0.15, -0.1) is 0 Å². The van der Waals surface area contributed by atoms with Crippen LogP contribution in [0.2, 0.25) is 0 Å². The number of rotatable bonds is 10. The van der Waals surface area contributed by atoms with Crippen molar-refractivity contribution in [2.75, 3.05) is 20.2 Å². The number of ether oxygens (including phenoxy) is 2. The van der Waals surface area contributed by atoms with Crippen molar-refractivity contribution in [2.45, 2.75) is 90.2 Å². The zero-order valence-electron chi connectivity index (χ0n) is 23.4. The molecule has 4 atom stereocenters. The smallest absolute Gasteiger partial charge is 0.255 e. The molecule has 4 aliphatic carbocycles. The number of benzene rings is 1. The summed E-state index contributed by atoms with van der Waals surface area (Å²) in [5.41, 5.74) is 0.236. The maximum Gasteiger partial charge on any atom is 0.255 e. The third kappa shape index (κ3) is 5.78. The predicted molar refractivity (Wildman–Crippen MR) is 145 cm³/mol. The number of nitroso groups, excluding NO2 is 1. The van der Waals surface area contributed by atoms with Crippen LogP contribution in [0, 0.1) is 39.3 Å². The molecule has 4 aliphatic rings. The minimum atomic E-state index is -0.590. The van der Waals surface area contributed by atoms with Crippen LogP contribution in [-0.4, -0.2) is 44.2 Å². The van der Waals surface area contributed by atoms with Gasteiger partial charge in [-0.1, -0.05) is 25.4 Å². The highest BCUT2D eigenvalue weighted by atomic mass is 19.1. The molecule has 2 bridgehead atoms. The molecule has 1 aromatic rings. The SMILES string of the molecule is COc1cc(F)c(OC2CCC(C)(CN=O)CC2)cc1C(=O)N[C@@H]1[C@@H]2CC[C@@H](C2)[C@@H]1C(=O)NCC1(C)CCC1. The third-order valence-electron chi connectivity index (χ3n) is 10.1. The van der Waals surface area contributed by atoms with Gasteiger partial charge < -0.3 is 20.1 Å². The first-order chi connectivity index (χ1) is 18.6. The number of nitrogens with one attached hydrogen (secondary N) is 2. The summed E-state index contributed by atoms with van der Waals surface area (Å²) in [6.45, 7) is 5.20. The van der Waals surface area contributed by atoms with Crippen LogP contribution in [0.4, 0.5) is 4.39 Å². The van der Waals surface area contributed by atoms with Crippen LogP contribution in [-0.2, 0) is 4.79 Å². The zero-order valence-corrected chi connectivity index (χ0v) is 23.4. The molecular weight excluding hydrogens is 501 g/mol. The van der Waals surface area contributed by atoms with Gasteiger partial charge >= 0.3 is 0 Å². The lowest BCUT2D eigenvalue weighted by Crippen LogP contribution is -2.51. The molecule has 0 heterocycles. The minimum absolute atomic E-state index is 0.0130. The first-order valence-corrected chi connectivity index (χ1v) is 14.6. The Morgan fingerprint density at radius 2 is 1.74 bits per heavy atom. The fourth-order valence-electron chi connectivity index (χ4n) is 7.35. The second-order valence-electron chi connectivity index (χ2n) is 13.1. The number of hydrogen-bond acceptors (Lipinski definition) is 6. The highest BCUT2D eigenvalue weighted by Gasteiger charge is 2.51. The number of nitrogens with zero attached hydrogens (tertiary/aromatic N) is 1. The number of amides is 2. The molecule has 4 saturated carbocycles. The lowest BCUT2D eigenvalue weighted by molar-refractivity contribution is -0.128. The number of halogens is 1. The molecule has 0 spiro atoms. The Morgan fingerprint density at radius 1 is 1.03 bits per heavy atom. The molecule has 0 aliphatic heterocycles. The Kier molecular flexibility index (Phi) is 7.89. The standard InChI is InChI=1S/C30H42FN3O5/c1-29(9-4-10-29)16-32-28(36)25-18-5-6-19(13-18)26(25)34-27(35)21-14-24(22(31)15-23(21)38-3)39-20-7-11-30(2,12-8-20)17-33-37/h14-15,18-20,25-26H,4-13,16-17H2,1-3H3,(H,32,36)(H,34,35)/t18-,19+,20?,25-,26+,30?/m0/s1. The molecule has 4 fully saturated rings. The number of fused-ring (bicyclic) bond motifs is 2. The van der Waals surface area contributed by atoms with Gasteiger partial charge in [-0.05, 0) is 86.5 Å². The first-order valence-electron chi connectivity index (χ1n) is 14.6. The summed E-state index contributed by atoms with van der Waals surface area (Å²) >= 11 is 0. The molecule has 2 amide bonds. The molecule has 214 valence electrons. The van der Waals surface area contributed by atoms with Gasteiger partial charge in [-0.3, -0.25) is 9.59 Å². The normalized spacial score (nSPS) is 32.7. The lowest BCUT2D eigenvalue weighted by Gasteiger charge is -2.39. The maximum absolute atomic E-state index is 15.0. The topological polar surface area (TPSA) is 106 Å². The summed E-state index contributed by atoms with van der Waals surface area (Å²) in [7, 11) is 1.41. The average Bonchev–Trinajstić information content (AvgIpc) is 3.50. The van der Waals surface area contributed by atoms with Crippen LogP contribution in [0.3, 0.4) is 0 Å². The number of carbonyl (C=O) groups is 2. The monoisotopic (exact) mass is 543 g/mol. The molecule has 8 nitrogen and oxygen atoms in total. The van der Waals surface area contributed by atoms with Crippen molar-refractivity contribution in [3.63, 3.8) is 0 Å². The van der Waals surface area contributed by atoms with Crippen molar-refractivity contribution in [1.82, 2.24) is 10.6 Å². The van der Waals surface area contributed by atoms with E-state index in [0.29, 0.717) is 19.4 Å². The highest BCUT2D eigenvalue weighted by molar-refractivity contribution is 5.98. The van der Waals surface area contributed by atoms with Gasteiger partial charge in [-0.25, -0.2) is 4.39 Å². The first kappa shape index (κ1) is 27.8. The second-order valence-corrected chi connectivity index (χ2v) is 13.1. The van der Waals surface area contributed by atoms with Crippen molar-refractivity contribution in [3.05, 3.63) is 28.4 Å². The predicted octanol–water partition coefficient (Wildman–Crippen LogP) is 5.38. The summed E-state index contributed by atoms with van der Waals surface area (Å²) in [6, 6.07) is 2.36. The maximum atomic E-state index is 15.0. The van der Waals surface area contributed by atoms with Crippen LogP contribution in [0.1, 0.15) is 88.4 Å². The largest absolute Gasteiger partial charge is 0.496 e. The molecule has 0 unspecified atom stereocenters. The molecule has 0 radical (unpaired) electrons. The zero-order chi connectivity index (χ0) is 27.8. The Labute approximate surface area is 230 Å². The number of hydrogen-bond donors (Lipinski definition) is 2. The number of methoxy groups -OCH3 is 1. The van der Waals surface area contributed by atoms with E-state index in [4.69, 9.17) is 9.47 Å². The van der Waals surface area contributed by atoms with E-state index in [1.807, 2.05) is 6.92 Å². The Bertz CT molecular complexity index is 1100. The van der Waals surface area contributed by atoms with Gasteiger partial charge in [0.25, 0.3) is 5.91 Å². The van der Waals surface area contributed by atoms with Crippen molar-refractivity contribution >= 4 is 11.8 Å². The van der Waals surface area contributed by atoms with Crippen molar-refractivity contribution < 1.29 is 23.5 Å². The summed E-state index contributed by atoms with van der Waals surface area (Å²) in [5, 5.41) is 9.39. The summed E-state index contributed by atoms with van der Waals surface area (Å²) in [6.07, 6.45) is 9.10. The third-order valence-corrected chi connectivity index (χ3v) is 10.1. The van der Waals surface area contributed by atoms with Gasteiger partial charge in [0, 0.05) is 18.7 Å². The summed E-state index contributed by atoms with van der Waals surface area (Å²) in [4.78, 5) is 37.6. The molecule has 2 N–H and O–H groups in total. The van der Waals surface area contributed by atoms with Crippen molar-refractivity contribution in [2.24, 2.45) is 33.8 Å². The van der Waals surface area contributed by atoms with Crippen LogP contribution in [0.15, 0.2) is 17.3 Å². The van der Waals surface area contributed by atoms with Gasteiger partial charge in [0.05, 0.1) is 31.2 Å². The van der Waals surface area contributed by atoms with Gasteiger partial charge in [0.15, 0.2) is 11.6 Å². The molecule has 5 rings (SSSR count). The van der Waals surface area contributed by atoms with E-state index >= 15 is 0 Å². The average molecular weight is 544 g/mol. The van der Waals surface area contributed by atoms with Gasteiger partial charge in [0.2, 0.25) is 5.91 Å². The fraction of sp³-hybridized carbons (Fsp3) is 0.733. The van der Waals surface area contributed by atoms with E-state index in [9.17, 15) is 18.9 Å². The molecule has 39 heavy (non-hydrogen) atoms. The molecule has 9 heteroatoms. The second kappa shape index (κ2) is 11.0. The van der Waals surface area contributed by atoms with E-state index in [-0.39, 0.29) is 76.2 Å². The van der Waals surface area contributed by atoms with Gasteiger partial charge in [-0.2, -0.15) is 4.91 Å². The van der Waals surface area contributed by atoms with E-state index in [1.54, 1.807) is 0 Å². The van der Waals surface area contributed by atoms with E-state index < -0.39 is 5.82 Å². The van der Waals surface area contributed by atoms with Crippen LogP contribution in [0.25, 0.3) is 0 Å². The van der Waals surface area contributed by atoms with E-state index in [1.165, 1.54) is 25.7 Å². The minimum Gasteiger partial charge on any atom is -0.496 e. The summed E-state index contributed by atoms with van der Waals surface area (Å²) in [5.74, 6) is -0.518. The van der Waals surface area contributed by atoms with E-state index in [0.717, 1.165) is 44.9 Å². The Hall–Kier alpha value is -2.71. The van der Waals surface area contributed by atoms with E-state index in [2.05, 4.69) is 22.7 Å². The van der Waals surface area contributed by atoms with Crippen LogP contribution < -0.4 is 20.1 Å². The van der Waals surface area contributed by atoms with Crippen LogP contribution in [0.5, 0.6) is 11.5 Å². The quantitative estimate of drug-likeness (QED) is 0.386. The van der Waals surface area contributed by atoms with Crippen molar-refractivity contribution in [3.8, 4) is 11.5 Å². The number of carbonyl (C=O) groups excluding carboxylic acids is 2. The molecule has 0 aromatic heterocycles. The Morgan fingerprint density at radius 3 is 2.38 bits per heavy atom. The van der Waals surface area contributed by atoms with Crippen molar-refractivity contribution in [1.29, 1.82) is 0 Å². The molecule has 1 aromatic carbocycles. The molecular formula is C30H42FN3O5. The van der Waals surface area contributed by atoms with Crippen LogP contribution >= 0.6 is 0 Å². The highest BCUT2D eigenvalue weighted by Crippen LogP contribution is 2.49. The lowest BCUT2D eigenvalue weighted by atomic mass is 9.70. The molecule has 0 saturated heterocycles. The summed E-state index contributed by atoms with van der Waals surface area (Å²) < 4.78 is 26.4. The fourth-order valence-corrected chi connectivity index (χ4v) is 7.35. The Balaban J connectivity index is 1.27. The van der Waals surface area contributed by atoms with Gasteiger partial charge in [0.1, 0.15) is 5.75 Å².